The van der Waals surface area contributed by atoms with Crippen LogP contribution >= 0.6 is 0 Å². The predicted octanol–water partition coefficient (Wildman–Crippen LogP) is 0.976. The molecule has 1 amide bonds. The molecule has 0 aromatic heterocycles. The monoisotopic (exact) mass is 282 g/mol. The van der Waals surface area contributed by atoms with E-state index in [-0.39, 0.29) is 10.8 Å². The van der Waals surface area contributed by atoms with Crippen molar-refractivity contribution in [3.63, 3.8) is 0 Å². The van der Waals surface area contributed by atoms with Gasteiger partial charge < -0.3 is 5.32 Å². The van der Waals surface area contributed by atoms with E-state index in [4.69, 9.17) is 0 Å². The van der Waals surface area contributed by atoms with Crippen LogP contribution in [0.4, 0.5) is 0 Å². The van der Waals surface area contributed by atoms with Gasteiger partial charge in [0.1, 0.15) is 6.04 Å². The van der Waals surface area contributed by atoms with E-state index in [2.05, 4.69) is 5.32 Å². The molecule has 104 valence electrons. The summed E-state index contributed by atoms with van der Waals surface area (Å²) in [4.78, 5) is 12.1. The van der Waals surface area contributed by atoms with Gasteiger partial charge in [-0.2, -0.15) is 4.31 Å². The maximum atomic E-state index is 12.6. The number of nitrogens with zero attached hydrogens (tertiary/aromatic N) is 1. The molecule has 1 aromatic rings. The second-order valence-electron chi connectivity index (χ2n) is 4.55. The SMILES string of the molecule is CNC(=O)C1CCCCN1S(=O)(=O)c1ccccc1. The standard InChI is InChI=1S/C13H18N2O3S/c1-14-13(16)12-9-5-6-10-15(12)19(17,18)11-7-3-2-4-8-11/h2-4,7-8,12H,5-6,9-10H2,1H3,(H,14,16). The zero-order valence-corrected chi connectivity index (χ0v) is 11.7. The van der Waals surface area contributed by atoms with Crippen LogP contribution in [0, 0.1) is 0 Å². The van der Waals surface area contributed by atoms with E-state index in [9.17, 15) is 13.2 Å². The molecule has 0 aliphatic carbocycles. The van der Waals surface area contributed by atoms with Gasteiger partial charge in [-0.25, -0.2) is 8.42 Å². The Morgan fingerprint density at radius 3 is 2.58 bits per heavy atom. The molecule has 2 rings (SSSR count). The average Bonchev–Trinajstić information content (AvgIpc) is 2.47. The number of sulfonamides is 1. The minimum Gasteiger partial charge on any atom is -0.358 e. The van der Waals surface area contributed by atoms with Crippen molar-refractivity contribution in [2.45, 2.75) is 30.2 Å². The van der Waals surface area contributed by atoms with Crippen LogP contribution in [0.3, 0.4) is 0 Å². The molecule has 6 heteroatoms. The van der Waals surface area contributed by atoms with Crippen molar-refractivity contribution < 1.29 is 13.2 Å². The first-order chi connectivity index (χ1) is 9.07. The summed E-state index contributed by atoms with van der Waals surface area (Å²) in [5, 5.41) is 2.54. The molecule has 0 bridgehead atoms. The highest BCUT2D eigenvalue weighted by Crippen LogP contribution is 2.25. The summed E-state index contributed by atoms with van der Waals surface area (Å²) in [7, 11) is -2.06. The maximum absolute atomic E-state index is 12.6. The predicted molar refractivity (Wildman–Crippen MR) is 72.0 cm³/mol. The van der Waals surface area contributed by atoms with Crippen LogP contribution in [0.1, 0.15) is 19.3 Å². The number of amides is 1. The largest absolute Gasteiger partial charge is 0.358 e. The zero-order valence-electron chi connectivity index (χ0n) is 10.9. The molecule has 19 heavy (non-hydrogen) atoms. The highest BCUT2D eigenvalue weighted by Gasteiger charge is 2.36. The Morgan fingerprint density at radius 1 is 1.26 bits per heavy atom. The molecule has 0 saturated carbocycles. The molecule has 1 aromatic carbocycles. The second kappa shape index (κ2) is 5.71. The Kier molecular flexibility index (Phi) is 4.21. The number of rotatable bonds is 3. The van der Waals surface area contributed by atoms with Crippen molar-refractivity contribution in [2.24, 2.45) is 0 Å². The van der Waals surface area contributed by atoms with E-state index in [0.29, 0.717) is 13.0 Å². The van der Waals surface area contributed by atoms with Crippen LogP contribution in [0.15, 0.2) is 35.2 Å². The van der Waals surface area contributed by atoms with Crippen LogP contribution < -0.4 is 5.32 Å². The first-order valence-corrected chi connectivity index (χ1v) is 7.80. The van der Waals surface area contributed by atoms with Crippen LogP contribution in [0.5, 0.6) is 0 Å². The van der Waals surface area contributed by atoms with Gasteiger partial charge in [-0.15, -0.1) is 0 Å². The smallest absolute Gasteiger partial charge is 0.243 e. The lowest BCUT2D eigenvalue weighted by atomic mass is 10.0. The van der Waals surface area contributed by atoms with Crippen molar-refractivity contribution in [1.82, 2.24) is 9.62 Å². The summed E-state index contributed by atoms with van der Waals surface area (Å²) < 4.78 is 26.5. The van der Waals surface area contributed by atoms with Crippen LogP contribution in [0.2, 0.25) is 0 Å². The fourth-order valence-corrected chi connectivity index (χ4v) is 4.03. The second-order valence-corrected chi connectivity index (χ2v) is 6.45. The van der Waals surface area contributed by atoms with E-state index >= 15 is 0 Å². The molecule has 0 spiro atoms. The number of nitrogens with one attached hydrogen (secondary N) is 1. The summed E-state index contributed by atoms with van der Waals surface area (Å²) in [5.74, 6) is -0.237. The molecule has 1 aliphatic rings. The number of piperidine rings is 1. The number of benzene rings is 1. The topological polar surface area (TPSA) is 66.5 Å². The molecule has 1 heterocycles. The first-order valence-electron chi connectivity index (χ1n) is 6.36. The molecular formula is C13H18N2O3S. The Labute approximate surface area is 113 Å². The molecule has 1 N–H and O–H groups in total. The summed E-state index contributed by atoms with van der Waals surface area (Å²) in [6.45, 7) is 0.398. The van der Waals surface area contributed by atoms with E-state index in [1.807, 2.05) is 0 Å². The number of hydrogen-bond acceptors (Lipinski definition) is 3. The lowest BCUT2D eigenvalue weighted by Gasteiger charge is -2.33. The van der Waals surface area contributed by atoms with Gasteiger partial charge in [-0.05, 0) is 25.0 Å². The minimum atomic E-state index is -3.59. The van der Waals surface area contributed by atoms with Crippen molar-refractivity contribution in [2.75, 3.05) is 13.6 Å². The van der Waals surface area contributed by atoms with E-state index in [1.54, 1.807) is 30.3 Å². The van der Waals surface area contributed by atoms with Crippen LogP contribution in [-0.2, 0) is 14.8 Å². The molecule has 1 fully saturated rings. The lowest BCUT2D eigenvalue weighted by Crippen LogP contribution is -2.51. The molecule has 1 unspecified atom stereocenters. The third kappa shape index (κ3) is 2.79. The summed E-state index contributed by atoms with van der Waals surface area (Å²) in [6.07, 6.45) is 2.24. The third-order valence-electron chi connectivity index (χ3n) is 3.35. The highest BCUT2D eigenvalue weighted by molar-refractivity contribution is 7.89. The fraction of sp³-hybridized carbons (Fsp3) is 0.462. The Balaban J connectivity index is 2.35. The van der Waals surface area contributed by atoms with Gasteiger partial charge in [0.2, 0.25) is 15.9 Å². The summed E-state index contributed by atoms with van der Waals surface area (Å²) >= 11 is 0. The highest BCUT2D eigenvalue weighted by atomic mass is 32.2. The maximum Gasteiger partial charge on any atom is 0.243 e. The lowest BCUT2D eigenvalue weighted by molar-refractivity contribution is -0.125. The van der Waals surface area contributed by atoms with Crippen molar-refractivity contribution in [3.05, 3.63) is 30.3 Å². The average molecular weight is 282 g/mol. The molecule has 1 aliphatic heterocycles. The van der Waals surface area contributed by atoms with Gasteiger partial charge in [-0.3, -0.25) is 4.79 Å². The van der Waals surface area contributed by atoms with E-state index in [0.717, 1.165) is 12.8 Å². The quantitative estimate of drug-likeness (QED) is 0.898. The number of carbonyl (C=O) groups excluding carboxylic acids is 1. The van der Waals surface area contributed by atoms with E-state index < -0.39 is 16.1 Å². The van der Waals surface area contributed by atoms with Gasteiger partial charge in [0, 0.05) is 13.6 Å². The summed E-state index contributed by atoms with van der Waals surface area (Å²) in [5.41, 5.74) is 0. The van der Waals surface area contributed by atoms with E-state index in [1.165, 1.54) is 11.4 Å². The number of likely N-dealkylation sites (N-methyl/N-ethyl adjacent to an activating group) is 1. The Morgan fingerprint density at radius 2 is 1.95 bits per heavy atom. The molecule has 0 radical (unpaired) electrons. The molecule has 5 nitrogen and oxygen atoms in total. The Hall–Kier alpha value is -1.40. The normalized spacial score (nSPS) is 21.0. The first kappa shape index (κ1) is 14.0. The fourth-order valence-electron chi connectivity index (χ4n) is 2.35. The number of carbonyl (C=O) groups is 1. The van der Waals surface area contributed by atoms with Crippen molar-refractivity contribution in [1.29, 1.82) is 0 Å². The zero-order chi connectivity index (χ0) is 13.9. The molecule has 1 atom stereocenters. The van der Waals surface area contributed by atoms with Gasteiger partial charge in [-0.1, -0.05) is 24.6 Å². The van der Waals surface area contributed by atoms with Gasteiger partial charge in [0.05, 0.1) is 4.90 Å². The van der Waals surface area contributed by atoms with Crippen LogP contribution in [0.25, 0.3) is 0 Å². The molecule has 1 saturated heterocycles. The third-order valence-corrected chi connectivity index (χ3v) is 5.27. The van der Waals surface area contributed by atoms with Gasteiger partial charge in [0.25, 0.3) is 0 Å². The van der Waals surface area contributed by atoms with Crippen molar-refractivity contribution >= 4 is 15.9 Å². The molecular weight excluding hydrogens is 264 g/mol. The minimum absolute atomic E-state index is 0.237. The van der Waals surface area contributed by atoms with Crippen molar-refractivity contribution in [3.8, 4) is 0 Å². The van der Waals surface area contributed by atoms with Gasteiger partial charge in [0.15, 0.2) is 0 Å². The number of hydrogen-bond donors (Lipinski definition) is 1. The van der Waals surface area contributed by atoms with Crippen LogP contribution in [-0.4, -0.2) is 38.3 Å². The van der Waals surface area contributed by atoms with Gasteiger partial charge >= 0.3 is 0 Å². The Bertz CT molecular complexity index is 542. The summed E-state index contributed by atoms with van der Waals surface area (Å²) in [6, 6.07) is 7.67.